The van der Waals surface area contributed by atoms with Crippen LogP contribution in [0.25, 0.3) is 61.6 Å². The minimum Gasteiger partial charge on any atom is -0.510 e. The molecule has 0 spiro atoms. The molecule has 0 fully saturated rings. The Morgan fingerprint density at radius 2 is 1.31 bits per heavy atom. The Labute approximate surface area is 350 Å². The van der Waals surface area contributed by atoms with Crippen LogP contribution in [0.4, 0.5) is 5.95 Å². The predicted molar refractivity (Wildman–Crippen MR) is 226 cm³/mol. The molecule has 7 aromatic carbocycles. The first-order valence-corrected chi connectivity index (χ1v) is 19.0. The summed E-state index contributed by atoms with van der Waals surface area (Å²) in [4.78, 5) is 12.6. The number of ether oxygens (including phenoxy) is 1. The fourth-order valence-corrected chi connectivity index (χ4v) is 8.42. The second-order valence-electron chi connectivity index (χ2n) is 14.5. The van der Waals surface area contributed by atoms with Gasteiger partial charge in [0, 0.05) is 32.6 Å². The van der Waals surface area contributed by atoms with Crippen LogP contribution in [0.15, 0.2) is 152 Å². The van der Waals surface area contributed by atoms with Crippen LogP contribution in [0.1, 0.15) is 11.1 Å². The molecule has 8 nitrogen and oxygen atoms in total. The van der Waals surface area contributed by atoms with Gasteiger partial charge in [0.05, 0.1) is 27.8 Å². The van der Waals surface area contributed by atoms with Crippen molar-refractivity contribution in [2.75, 3.05) is 11.9 Å². The molecule has 0 aliphatic carbocycles. The molecule has 0 radical (unpaired) electrons. The van der Waals surface area contributed by atoms with Gasteiger partial charge in [-0.3, -0.25) is 14.1 Å². The fourth-order valence-electron chi connectivity index (χ4n) is 8.42. The van der Waals surface area contributed by atoms with Crippen molar-refractivity contribution < 1.29 is 30.4 Å². The van der Waals surface area contributed by atoms with Gasteiger partial charge in [-0.05, 0) is 72.4 Å². The summed E-state index contributed by atoms with van der Waals surface area (Å²) in [6, 6.07) is 58.9. The Bertz CT molecular complexity index is 3170. The zero-order valence-corrected chi connectivity index (χ0v) is 34.1. The summed E-state index contributed by atoms with van der Waals surface area (Å²) in [5, 5.41) is 0. The molecule has 58 heavy (non-hydrogen) atoms. The summed E-state index contributed by atoms with van der Waals surface area (Å²) in [6.07, 6.45) is 3.64. The van der Waals surface area contributed by atoms with Gasteiger partial charge < -0.3 is 18.6 Å². The number of nitrogens with zero attached hydrogens (tertiary/aromatic N) is 7. The molecule has 0 saturated heterocycles. The van der Waals surface area contributed by atoms with E-state index in [9.17, 15) is 0 Å². The van der Waals surface area contributed by atoms with Crippen LogP contribution in [-0.4, -0.2) is 37.6 Å². The number of anilines is 1. The molecule has 0 unspecified atom stereocenters. The van der Waals surface area contributed by atoms with Gasteiger partial charge in [-0.15, -0.1) is 30.3 Å². The predicted octanol–water partition coefficient (Wildman–Crippen LogP) is 8.76. The number of hydrogen-bond acceptors (Lipinski definition) is 4. The summed E-state index contributed by atoms with van der Waals surface area (Å²) >= 11 is 0. The molecule has 1 aliphatic rings. The molecule has 0 saturated carbocycles. The maximum Gasteiger partial charge on any atom is 0.421 e. The van der Waals surface area contributed by atoms with Crippen molar-refractivity contribution in [2.24, 2.45) is 0 Å². The van der Waals surface area contributed by atoms with Gasteiger partial charge in [-0.1, -0.05) is 114 Å². The third-order valence-electron chi connectivity index (χ3n) is 11.0. The molecule has 1 aliphatic heterocycles. The van der Waals surface area contributed by atoms with E-state index in [4.69, 9.17) is 14.7 Å². The van der Waals surface area contributed by atoms with Crippen LogP contribution in [-0.2, 0) is 21.1 Å². The Hall–Kier alpha value is -6.70. The number of imidazole rings is 3. The van der Waals surface area contributed by atoms with Crippen molar-refractivity contribution in [3.63, 3.8) is 0 Å². The van der Waals surface area contributed by atoms with Gasteiger partial charge in [-0.2, -0.15) is 12.1 Å². The van der Waals surface area contributed by atoms with E-state index in [1.807, 2.05) is 53.1 Å². The summed E-state index contributed by atoms with van der Waals surface area (Å²) in [5.74, 6) is 2.69. The maximum atomic E-state index is 6.56. The van der Waals surface area contributed by atoms with Crippen LogP contribution in [0.2, 0.25) is 0 Å². The van der Waals surface area contributed by atoms with Gasteiger partial charge in [-0.25, -0.2) is 4.98 Å². The van der Waals surface area contributed by atoms with E-state index in [0.717, 1.165) is 67.5 Å². The van der Waals surface area contributed by atoms with Crippen molar-refractivity contribution in [2.45, 2.75) is 13.8 Å². The number of fused-ring (bicyclic) bond motifs is 8. The molecule has 3 aromatic heterocycles. The average Bonchev–Trinajstić information content (AvgIpc) is 3.94. The first-order valence-electron chi connectivity index (χ1n) is 19.0. The second-order valence-corrected chi connectivity index (χ2v) is 14.5. The van der Waals surface area contributed by atoms with E-state index in [1.165, 1.54) is 16.6 Å². The van der Waals surface area contributed by atoms with E-state index in [1.54, 1.807) is 0 Å². The van der Waals surface area contributed by atoms with Gasteiger partial charge in [0.1, 0.15) is 0 Å². The van der Waals surface area contributed by atoms with Crippen molar-refractivity contribution in [3.8, 4) is 39.9 Å². The number of aromatic nitrogens is 6. The molecule has 0 atom stereocenters. The number of rotatable bonds is 6. The van der Waals surface area contributed by atoms with Gasteiger partial charge in [0.15, 0.2) is 5.95 Å². The van der Waals surface area contributed by atoms with Crippen molar-refractivity contribution in [1.29, 1.82) is 0 Å². The first kappa shape index (κ1) is 35.7. The third kappa shape index (κ3) is 5.60. The van der Waals surface area contributed by atoms with E-state index in [2.05, 4.69) is 161 Å². The summed E-state index contributed by atoms with van der Waals surface area (Å²) in [6.45, 7) is 4.21. The van der Waals surface area contributed by atoms with Crippen molar-refractivity contribution in [1.82, 2.24) is 23.6 Å². The standard InChI is InChI=1S/C48H34BN7O.Pt/c1-32-15-13-16-33(2)46(32)49-52(3)47-50-40-28-27-37(30-45(40)55(47)48-51-39-22-8-10-24-42(39)56(48)49)57-36-20-14-19-35(29-36)53-31-54(44-26-12-11-25-43(44)53)41-23-9-7-21-38(41)34-17-5-4-6-18-34;/h4-28H,1-3H3;/q-2;. The number of aryl methyl sites for hydroxylation is 2. The SMILES string of the molecule is Cc1cccc(C)c1B1N(C)c2nc3ccc(Oc4[c-]c(-n5[c-][n+](-c6ccccc6-c6ccccc6)c6ccccc65)ccc4)[c-]c3n2-c2nc3ccccc3n21.[Pt]. The van der Waals surface area contributed by atoms with Crippen molar-refractivity contribution >= 4 is 51.5 Å². The molecule has 0 amide bonds. The Morgan fingerprint density at radius 3 is 2.16 bits per heavy atom. The van der Waals surface area contributed by atoms with Crippen LogP contribution >= 0.6 is 0 Å². The zero-order valence-electron chi connectivity index (χ0n) is 31.9. The second kappa shape index (κ2) is 14.0. The molecular formula is C48H34BN7OPt-2. The minimum absolute atomic E-state index is 0. The minimum atomic E-state index is -0.141. The Balaban J connectivity index is 0.00000408. The van der Waals surface area contributed by atoms with Crippen LogP contribution < -0.4 is 19.6 Å². The molecule has 282 valence electrons. The average molecular weight is 931 g/mol. The molecule has 0 N–H and O–H groups in total. The number of hydrogen-bond donors (Lipinski definition) is 0. The summed E-state index contributed by atoms with van der Waals surface area (Å²) < 4.78 is 15.1. The van der Waals surface area contributed by atoms with E-state index in [-0.39, 0.29) is 28.0 Å². The Morgan fingerprint density at radius 1 is 0.621 bits per heavy atom. The first-order chi connectivity index (χ1) is 28.0. The quantitative estimate of drug-likeness (QED) is 0.0952. The molecular weight excluding hydrogens is 896 g/mol. The van der Waals surface area contributed by atoms with Crippen molar-refractivity contribution in [3.05, 3.63) is 181 Å². The molecule has 0 bridgehead atoms. The van der Waals surface area contributed by atoms with E-state index >= 15 is 0 Å². The third-order valence-corrected chi connectivity index (χ3v) is 11.0. The number of benzene rings is 7. The van der Waals surface area contributed by atoms with Crippen LogP contribution in [0, 0.1) is 32.3 Å². The molecule has 10 heteroatoms. The largest absolute Gasteiger partial charge is 0.510 e. The zero-order chi connectivity index (χ0) is 38.2. The normalized spacial score (nSPS) is 12.2. The summed E-state index contributed by atoms with van der Waals surface area (Å²) in [5.41, 5.74) is 13.4. The molecule has 4 heterocycles. The van der Waals surface area contributed by atoms with Crippen LogP contribution in [0.5, 0.6) is 11.5 Å². The monoisotopic (exact) mass is 930 g/mol. The Kier molecular flexibility index (Phi) is 8.65. The number of para-hydroxylation sites is 5. The van der Waals surface area contributed by atoms with Crippen LogP contribution in [0.3, 0.4) is 0 Å². The van der Waals surface area contributed by atoms with Gasteiger partial charge >= 0.3 is 6.98 Å². The smallest absolute Gasteiger partial charge is 0.421 e. The topological polar surface area (TPSA) is 56.9 Å². The van der Waals surface area contributed by atoms with E-state index in [0.29, 0.717) is 11.5 Å². The van der Waals surface area contributed by atoms with Gasteiger partial charge in [0.2, 0.25) is 5.95 Å². The fraction of sp³-hybridized carbons (Fsp3) is 0.0625. The maximum absolute atomic E-state index is 6.56. The summed E-state index contributed by atoms with van der Waals surface area (Å²) in [7, 11) is 2.11. The van der Waals surface area contributed by atoms with Gasteiger partial charge in [0.25, 0.3) is 6.33 Å². The molecule has 11 rings (SSSR count). The molecule has 10 aromatic rings. The van der Waals surface area contributed by atoms with E-state index < -0.39 is 0 Å².